The molecule has 104 valence electrons. The van der Waals surface area contributed by atoms with Gasteiger partial charge in [0.15, 0.2) is 5.78 Å². The standard InChI is InChI=1S/C18H20O2/c1-14(19)17(20)18(2,16-11-7-4-8-12-16)13-15-9-5-3-6-10-15/h3-12,14,19H,13H2,1-2H3. The lowest BCUT2D eigenvalue weighted by molar-refractivity contribution is -0.131. The molecule has 2 nitrogen and oxygen atoms in total. The minimum absolute atomic E-state index is 0.146. The van der Waals surface area contributed by atoms with Crippen molar-refractivity contribution in [2.24, 2.45) is 0 Å². The zero-order valence-electron chi connectivity index (χ0n) is 11.9. The molecule has 0 radical (unpaired) electrons. The second-order valence-corrected chi connectivity index (χ2v) is 5.40. The summed E-state index contributed by atoms with van der Waals surface area (Å²) < 4.78 is 0. The fraction of sp³-hybridized carbons (Fsp3) is 0.278. The average Bonchev–Trinajstić information content (AvgIpc) is 2.48. The van der Waals surface area contributed by atoms with Gasteiger partial charge in [-0.25, -0.2) is 0 Å². The highest BCUT2D eigenvalue weighted by atomic mass is 16.3. The Morgan fingerprint density at radius 1 is 1.05 bits per heavy atom. The van der Waals surface area contributed by atoms with Crippen LogP contribution in [0.2, 0.25) is 0 Å². The summed E-state index contributed by atoms with van der Waals surface area (Å²) in [5, 5.41) is 9.75. The Kier molecular flexibility index (Phi) is 4.35. The molecule has 0 amide bonds. The summed E-state index contributed by atoms with van der Waals surface area (Å²) >= 11 is 0. The molecule has 0 bridgehead atoms. The Hall–Kier alpha value is -1.93. The molecular formula is C18H20O2. The number of carbonyl (C=O) groups is 1. The van der Waals surface area contributed by atoms with Gasteiger partial charge in [0.1, 0.15) is 6.10 Å². The Balaban J connectivity index is 2.42. The molecule has 0 heterocycles. The largest absolute Gasteiger partial charge is 0.386 e. The second kappa shape index (κ2) is 6.02. The van der Waals surface area contributed by atoms with Crippen molar-refractivity contribution < 1.29 is 9.90 Å². The topological polar surface area (TPSA) is 37.3 Å². The van der Waals surface area contributed by atoms with Gasteiger partial charge in [0.25, 0.3) is 0 Å². The van der Waals surface area contributed by atoms with Crippen LogP contribution in [0.1, 0.15) is 25.0 Å². The van der Waals surface area contributed by atoms with Crippen molar-refractivity contribution in [1.29, 1.82) is 0 Å². The van der Waals surface area contributed by atoms with Gasteiger partial charge in [-0.1, -0.05) is 60.7 Å². The number of rotatable bonds is 5. The van der Waals surface area contributed by atoms with Crippen LogP contribution in [-0.4, -0.2) is 17.0 Å². The maximum absolute atomic E-state index is 12.5. The lowest BCUT2D eigenvalue weighted by Gasteiger charge is -2.30. The van der Waals surface area contributed by atoms with Crippen molar-refractivity contribution in [3.63, 3.8) is 0 Å². The molecule has 20 heavy (non-hydrogen) atoms. The van der Waals surface area contributed by atoms with Gasteiger partial charge in [0, 0.05) is 0 Å². The van der Waals surface area contributed by atoms with Crippen LogP contribution >= 0.6 is 0 Å². The fourth-order valence-electron chi connectivity index (χ4n) is 2.60. The molecule has 2 atom stereocenters. The van der Waals surface area contributed by atoms with Gasteiger partial charge in [-0.2, -0.15) is 0 Å². The van der Waals surface area contributed by atoms with Crippen molar-refractivity contribution in [1.82, 2.24) is 0 Å². The third kappa shape index (κ3) is 2.97. The summed E-state index contributed by atoms with van der Waals surface area (Å²) in [5.74, 6) is -0.146. The minimum atomic E-state index is -0.969. The van der Waals surface area contributed by atoms with Gasteiger partial charge in [0.05, 0.1) is 5.41 Å². The van der Waals surface area contributed by atoms with E-state index >= 15 is 0 Å². The summed E-state index contributed by atoms with van der Waals surface area (Å²) in [7, 11) is 0. The summed E-state index contributed by atoms with van der Waals surface area (Å²) in [6, 6.07) is 19.6. The van der Waals surface area contributed by atoms with Gasteiger partial charge >= 0.3 is 0 Å². The van der Waals surface area contributed by atoms with E-state index in [1.54, 1.807) is 0 Å². The number of aliphatic hydroxyl groups is 1. The molecule has 0 aliphatic carbocycles. The summed E-state index contributed by atoms with van der Waals surface area (Å²) in [5.41, 5.74) is 1.32. The van der Waals surface area contributed by atoms with Crippen LogP contribution in [0.4, 0.5) is 0 Å². The molecule has 0 aromatic heterocycles. The molecule has 2 aromatic carbocycles. The Morgan fingerprint density at radius 3 is 2.05 bits per heavy atom. The lowest BCUT2D eigenvalue weighted by Crippen LogP contribution is -2.41. The van der Waals surface area contributed by atoms with Gasteiger partial charge in [-0.15, -0.1) is 0 Å². The van der Waals surface area contributed by atoms with Crippen molar-refractivity contribution in [3.8, 4) is 0 Å². The van der Waals surface area contributed by atoms with E-state index in [-0.39, 0.29) is 5.78 Å². The summed E-state index contributed by atoms with van der Waals surface area (Å²) in [6.07, 6.45) is -0.384. The average molecular weight is 268 g/mol. The SMILES string of the molecule is CC(O)C(=O)C(C)(Cc1ccccc1)c1ccccc1. The minimum Gasteiger partial charge on any atom is -0.386 e. The van der Waals surface area contributed by atoms with Crippen molar-refractivity contribution in [2.45, 2.75) is 31.8 Å². The van der Waals surface area contributed by atoms with Gasteiger partial charge in [0.2, 0.25) is 0 Å². The Labute approximate surface area is 120 Å². The van der Waals surface area contributed by atoms with E-state index in [0.29, 0.717) is 6.42 Å². The highest BCUT2D eigenvalue weighted by Crippen LogP contribution is 2.30. The summed E-state index contributed by atoms with van der Waals surface area (Å²) in [4.78, 5) is 12.5. The maximum atomic E-state index is 12.5. The highest BCUT2D eigenvalue weighted by molar-refractivity contribution is 5.93. The van der Waals surface area contributed by atoms with Crippen LogP contribution < -0.4 is 0 Å². The van der Waals surface area contributed by atoms with Crippen LogP contribution in [-0.2, 0) is 16.6 Å². The predicted octanol–water partition coefficient (Wildman–Crippen LogP) is 3.14. The van der Waals surface area contributed by atoms with E-state index in [9.17, 15) is 9.90 Å². The first-order valence-corrected chi connectivity index (χ1v) is 6.86. The zero-order valence-corrected chi connectivity index (χ0v) is 11.9. The number of benzene rings is 2. The van der Waals surface area contributed by atoms with E-state index in [1.807, 2.05) is 67.6 Å². The molecule has 2 rings (SSSR count). The van der Waals surface area contributed by atoms with E-state index in [1.165, 1.54) is 6.92 Å². The zero-order chi connectivity index (χ0) is 14.6. The third-order valence-corrected chi connectivity index (χ3v) is 3.73. The molecule has 0 fully saturated rings. The number of carbonyl (C=O) groups excluding carboxylic acids is 1. The number of aliphatic hydroxyl groups excluding tert-OH is 1. The number of hydrogen-bond acceptors (Lipinski definition) is 2. The van der Waals surface area contributed by atoms with Crippen LogP contribution in [0, 0.1) is 0 Å². The summed E-state index contributed by atoms with van der Waals surface area (Å²) in [6.45, 7) is 3.44. The smallest absolute Gasteiger partial charge is 0.171 e. The predicted molar refractivity (Wildman–Crippen MR) is 80.6 cm³/mol. The van der Waals surface area contributed by atoms with Gasteiger partial charge in [-0.3, -0.25) is 4.79 Å². The number of Topliss-reactive ketones (excluding diaryl/α,β-unsaturated/α-hetero) is 1. The molecule has 0 aliphatic rings. The second-order valence-electron chi connectivity index (χ2n) is 5.40. The van der Waals surface area contributed by atoms with Gasteiger partial charge in [-0.05, 0) is 31.4 Å². The molecule has 1 N–H and O–H groups in total. The number of ketones is 1. The molecular weight excluding hydrogens is 248 g/mol. The van der Waals surface area contributed by atoms with E-state index in [0.717, 1.165) is 11.1 Å². The molecule has 2 aromatic rings. The van der Waals surface area contributed by atoms with Crippen LogP contribution in [0.5, 0.6) is 0 Å². The molecule has 0 spiro atoms. The van der Waals surface area contributed by atoms with E-state index in [4.69, 9.17) is 0 Å². The van der Waals surface area contributed by atoms with Crippen LogP contribution in [0.25, 0.3) is 0 Å². The molecule has 0 aliphatic heterocycles. The van der Waals surface area contributed by atoms with Crippen molar-refractivity contribution in [3.05, 3.63) is 71.8 Å². The first-order valence-electron chi connectivity index (χ1n) is 6.86. The van der Waals surface area contributed by atoms with E-state index < -0.39 is 11.5 Å². The van der Waals surface area contributed by atoms with Crippen molar-refractivity contribution >= 4 is 5.78 Å². The molecule has 2 heteroatoms. The van der Waals surface area contributed by atoms with Gasteiger partial charge < -0.3 is 5.11 Å². The molecule has 0 saturated carbocycles. The Bertz CT molecular complexity index is 560. The van der Waals surface area contributed by atoms with Crippen molar-refractivity contribution in [2.75, 3.05) is 0 Å². The normalized spacial score (nSPS) is 15.3. The monoisotopic (exact) mass is 268 g/mol. The van der Waals surface area contributed by atoms with Crippen LogP contribution in [0.15, 0.2) is 60.7 Å². The maximum Gasteiger partial charge on any atom is 0.171 e. The Morgan fingerprint density at radius 2 is 1.55 bits per heavy atom. The first kappa shape index (κ1) is 14.5. The fourth-order valence-corrected chi connectivity index (χ4v) is 2.60. The lowest BCUT2D eigenvalue weighted by atomic mass is 9.72. The quantitative estimate of drug-likeness (QED) is 0.904. The van der Waals surface area contributed by atoms with Crippen LogP contribution in [0.3, 0.4) is 0 Å². The molecule has 2 unspecified atom stereocenters. The number of hydrogen-bond donors (Lipinski definition) is 1. The highest BCUT2D eigenvalue weighted by Gasteiger charge is 2.37. The van der Waals surface area contributed by atoms with E-state index in [2.05, 4.69) is 0 Å². The third-order valence-electron chi connectivity index (χ3n) is 3.73. The molecule has 0 saturated heterocycles. The first-order chi connectivity index (χ1) is 9.54.